The number of benzene rings is 1. The Morgan fingerprint density at radius 3 is 3.00 bits per heavy atom. The number of methoxy groups -OCH3 is 1. The van der Waals surface area contributed by atoms with Crippen LogP contribution in [0.5, 0.6) is 0 Å². The van der Waals surface area contributed by atoms with Crippen molar-refractivity contribution in [2.75, 3.05) is 13.7 Å². The van der Waals surface area contributed by atoms with Gasteiger partial charge in [0.05, 0.1) is 24.4 Å². The molecule has 0 saturated carbocycles. The third-order valence-corrected chi connectivity index (χ3v) is 3.88. The molecule has 5 nitrogen and oxygen atoms in total. The van der Waals surface area contributed by atoms with E-state index in [1.54, 1.807) is 0 Å². The molecule has 1 N–H and O–H groups in total. The number of fused-ring (bicyclic) bond motifs is 1. The van der Waals surface area contributed by atoms with Crippen LogP contribution in [0.1, 0.15) is 12.1 Å². The molecule has 2 aromatic rings. The third kappa shape index (κ3) is 2.89. The largest absolute Gasteiger partial charge is 0.468 e. The van der Waals surface area contributed by atoms with Gasteiger partial charge >= 0.3 is 5.97 Å². The molecule has 1 aliphatic heterocycles. The van der Waals surface area contributed by atoms with Crippen molar-refractivity contribution < 1.29 is 14.6 Å². The number of esters is 1. The van der Waals surface area contributed by atoms with Gasteiger partial charge < -0.3 is 9.84 Å². The topological polar surface area (TPSA) is 62.7 Å². The lowest BCUT2D eigenvalue weighted by atomic mass is 10.2. The van der Waals surface area contributed by atoms with Crippen molar-refractivity contribution in [3.8, 4) is 0 Å². The number of hydrogen-bond donors (Lipinski definition) is 1. The van der Waals surface area contributed by atoms with E-state index >= 15 is 0 Å². The molecule has 1 aliphatic rings. The van der Waals surface area contributed by atoms with Gasteiger partial charge in [0, 0.05) is 24.9 Å². The van der Waals surface area contributed by atoms with E-state index in [0.717, 1.165) is 16.6 Å². The van der Waals surface area contributed by atoms with E-state index < -0.39 is 12.1 Å². The quantitative estimate of drug-likeness (QED) is 0.863. The second kappa shape index (κ2) is 5.79. The van der Waals surface area contributed by atoms with Gasteiger partial charge in [0.15, 0.2) is 0 Å². The summed E-state index contributed by atoms with van der Waals surface area (Å²) in [5, 5.41) is 10.9. The summed E-state index contributed by atoms with van der Waals surface area (Å²) in [5.74, 6) is -0.299. The average Bonchev–Trinajstić information content (AvgIpc) is 2.87. The molecule has 21 heavy (non-hydrogen) atoms. The Balaban J connectivity index is 1.81. The van der Waals surface area contributed by atoms with E-state index in [2.05, 4.69) is 4.98 Å². The van der Waals surface area contributed by atoms with Crippen LogP contribution in [0.3, 0.4) is 0 Å². The summed E-state index contributed by atoms with van der Waals surface area (Å²) in [6.45, 7) is 0.996. The number of hydrogen-bond acceptors (Lipinski definition) is 5. The van der Waals surface area contributed by atoms with E-state index in [1.807, 2.05) is 41.3 Å². The summed E-state index contributed by atoms with van der Waals surface area (Å²) >= 11 is 0. The molecule has 0 spiro atoms. The summed E-state index contributed by atoms with van der Waals surface area (Å²) in [6, 6.07) is 11.5. The first-order valence-electron chi connectivity index (χ1n) is 7.02. The van der Waals surface area contributed by atoms with Crippen LogP contribution >= 0.6 is 0 Å². The van der Waals surface area contributed by atoms with E-state index in [0.29, 0.717) is 19.5 Å². The molecule has 110 valence electrons. The Morgan fingerprint density at radius 2 is 2.19 bits per heavy atom. The fraction of sp³-hybridized carbons (Fsp3) is 0.375. The van der Waals surface area contributed by atoms with Crippen molar-refractivity contribution in [1.82, 2.24) is 9.88 Å². The number of likely N-dealkylation sites (tertiary alicyclic amines) is 1. The van der Waals surface area contributed by atoms with Crippen LogP contribution < -0.4 is 0 Å². The van der Waals surface area contributed by atoms with Crippen LogP contribution in [-0.2, 0) is 16.1 Å². The highest BCUT2D eigenvalue weighted by atomic mass is 16.5. The second-order valence-corrected chi connectivity index (χ2v) is 5.35. The fourth-order valence-corrected chi connectivity index (χ4v) is 2.84. The highest BCUT2D eigenvalue weighted by Crippen LogP contribution is 2.22. The first kappa shape index (κ1) is 14.0. The lowest BCUT2D eigenvalue weighted by molar-refractivity contribution is -0.146. The zero-order chi connectivity index (χ0) is 14.8. The Labute approximate surface area is 123 Å². The number of aromatic nitrogens is 1. The number of carbonyl (C=O) groups excluding carboxylic acids is 1. The molecule has 2 heterocycles. The van der Waals surface area contributed by atoms with E-state index in [1.165, 1.54) is 7.11 Å². The monoisotopic (exact) mass is 286 g/mol. The van der Waals surface area contributed by atoms with Gasteiger partial charge in [-0.15, -0.1) is 0 Å². The summed E-state index contributed by atoms with van der Waals surface area (Å²) < 4.78 is 4.81. The van der Waals surface area contributed by atoms with Gasteiger partial charge in [-0.1, -0.05) is 24.3 Å². The second-order valence-electron chi connectivity index (χ2n) is 5.35. The van der Waals surface area contributed by atoms with Crippen LogP contribution in [0, 0.1) is 0 Å². The normalized spacial score (nSPS) is 22.6. The minimum absolute atomic E-state index is 0.299. The van der Waals surface area contributed by atoms with E-state index in [9.17, 15) is 9.90 Å². The smallest absolute Gasteiger partial charge is 0.323 e. The molecule has 0 aliphatic carbocycles. The van der Waals surface area contributed by atoms with Crippen molar-refractivity contribution in [2.24, 2.45) is 0 Å². The highest BCUT2D eigenvalue weighted by molar-refractivity contribution is 5.78. The first-order chi connectivity index (χ1) is 10.2. The molecular weight excluding hydrogens is 268 g/mol. The van der Waals surface area contributed by atoms with Crippen molar-refractivity contribution >= 4 is 16.9 Å². The van der Waals surface area contributed by atoms with Crippen molar-refractivity contribution in [3.63, 3.8) is 0 Å². The molecular formula is C16H18N2O3. The Morgan fingerprint density at radius 1 is 1.38 bits per heavy atom. The molecule has 0 radical (unpaired) electrons. The number of carbonyl (C=O) groups is 1. The van der Waals surface area contributed by atoms with Gasteiger partial charge in [-0.25, -0.2) is 0 Å². The van der Waals surface area contributed by atoms with Crippen molar-refractivity contribution in [2.45, 2.75) is 25.1 Å². The summed E-state index contributed by atoms with van der Waals surface area (Å²) in [5.41, 5.74) is 1.82. The van der Waals surface area contributed by atoms with E-state index in [-0.39, 0.29) is 5.97 Å². The molecule has 1 aromatic heterocycles. The molecule has 1 saturated heterocycles. The number of ether oxygens (including phenoxy) is 1. The highest BCUT2D eigenvalue weighted by Gasteiger charge is 2.36. The summed E-state index contributed by atoms with van der Waals surface area (Å²) in [6.07, 6.45) is -0.0742. The predicted molar refractivity (Wildman–Crippen MR) is 78.6 cm³/mol. The molecule has 5 heteroatoms. The van der Waals surface area contributed by atoms with Crippen LogP contribution in [-0.4, -0.2) is 46.8 Å². The lowest BCUT2D eigenvalue weighted by Gasteiger charge is -2.21. The molecule has 0 bridgehead atoms. The average molecular weight is 286 g/mol. The van der Waals surface area contributed by atoms with E-state index in [4.69, 9.17) is 4.74 Å². The van der Waals surface area contributed by atoms with Gasteiger partial charge in [0.1, 0.15) is 6.04 Å². The lowest BCUT2D eigenvalue weighted by Crippen LogP contribution is -2.36. The van der Waals surface area contributed by atoms with Gasteiger partial charge in [0.25, 0.3) is 0 Å². The number of nitrogens with zero attached hydrogens (tertiary/aromatic N) is 2. The number of rotatable bonds is 3. The molecule has 3 rings (SSSR count). The fourth-order valence-electron chi connectivity index (χ4n) is 2.84. The maximum atomic E-state index is 11.8. The van der Waals surface area contributed by atoms with Crippen LogP contribution in [0.15, 0.2) is 36.4 Å². The number of aliphatic hydroxyl groups excluding tert-OH is 1. The Bertz CT molecular complexity index is 659. The third-order valence-electron chi connectivity index (χ3n) is 3.88. The van der Waals surface area contributed by atoms with Crippen molar-refractivity contribution in [3.05, 3.63) is 42.1 Å². The van der Waals surface area contributed by atoms with Crippen LogP contribution in [0.2, 0.25) is 0 Å². The van der Waals surface area contributed by atoms with Gasteiger partial charge in [-0.2, -0.15) is 0 Å². The molecule has 1 aromatic carbocycles. The van der Waals surface area contributed by atoms with Gasteiger partial charge in [-0.3, -0.25) is 14.7 Å². The minimum Gasteiger partial charge on any atom is -0.468 e. The molecule has 1 fully saturated rings. The zero-order valence-corrected chi connectivity index (χ0v) is 11.9. The van der Waals surface area contributed by atoms with Gasteiger partial charge in [-0.05, 0) is 12.1 Å². The first-order valence-corrected chi connectivity index (χ1v) is 7.02. The number of β-amino-alcohol motifs (C(OH)–C–C–N with tert-alkyl or cyclic N) is 1. The van der Waals surface area contributed by atoms with Crippen molar-refractivity contribution in [1.29, 1.82) is 0 Å². The minimum atomic E-state index is -0.491. The number of aliphatic hydroxyl groups is 1. The summed E-state index contributed by atoms with van der Waals surface area (Å²) in [7, 11) is 1.37. The SMILES string of the molecule is COC(=O)C1CC(O)CN1Cc1ccc2ccccc2n1. The molecule has 0 amide bonds. The van der Waals surface area contributed by atoms with Crippen LogP contribution in [0.4, 0.5) is 0 Å². The molecule has 2 atom stereocenters. The predicted octanol–water partition coefficient (Wildman–Crippen LogP) is 1.34. The number of para-hydroxylation sites is 1. The maximum absolute atomic E-state index is 11.8. The summed E-state index contributed by atoms with van der Waals surface area (Å²) in [4.78, 5) is 18.3. The zero-order valence-electron chi connectivity index (χ0n) is 11.9. The standard InChI is InChI=1S/C16H18N2O3/c1-21-16(20)15-8-13(19)10-18(15)9-12-7-6-11-4-2-3-5-14(11)17-12/h2-7,13,15,19H,8-10H2,1H3. The Kier molecular flexibility index (Phi) is 3.86. The maximum Gasteiger partial charge on any atom is 0.323 e. The molecule has 2 unspecified atom stereocenters. The van der Waals surface area contributed by atoms with Gasteiger partial charge in [0.2, 0.25) is 0 Å². The number of pyridine rings is 1. The Hall–Kier alpha value is -1.98. The van der Waals surface area contributed by atoms with Crippen LogP contribution in [0.25, 0.3) is 10.9 Å².